The summed E-state index contributed by atoms with van der Waals surface area (Å²) in [7, 11) is 0. The average molecular weight is 511 g/mol. The van der Waals surface area contributed by atoms with Crippen LogP contribution >= 0.6 is 15.9 Å². The predicted molar refractivity (Wildman–Crippen MR) is 127 cm³/mol. The Balaban J connectivity index is 1.45. The second-order valence-corrected chi connectivity index (χ2v) is 7.92. The highest BCUT2D eigenvalue weighted by Gasteiger charge is 2.13. The monoisotopic (exact) mass is 510 g/mol. The molecular weight excluding hydrogens is 491 g/mol. The molecule has 0 saturated carbocycles. The summed E-state index contributed by atoms with van der Waals surface area (Å²) >= 11 is 3.41. The van der Waals surface area contributed by atoms with Crippen LogP contribution < -0.4 is 14.9 Å². The number of carbonyl (C=O) groups excluding carboxylic acids is 1. The van der Waals surface area contributed by atoms with Crippen LogP contribution in [-0.4, -0.2) is 18.7 Å². The highest BCUT2D eigenvalue weighted by atomic mass is 79.9. The van der Waals surface area contributed by atoms with Gasteiger partial charge >= 0.3 is 5.91 Å². The lowest BCUT2D eigenvalue weighted by Crippen LogP contribution is -2.16. The molecule has 0 aliphatic heterocycles. The van der Waals surface area contributed by atoms with E-state index in [4.69, 9.17) is 13.9 Å². The Morgan fingerprint density at radius 2 is 1.97 bits per heavy atom. The van der Waals surface area contributed by atoms with Gasteiger partial charge in [-0.2, -0.15) is 5.10 Å². The van der Waals surface area contributed by atoms with Gasteiger partial charge in [-0.05, 0) is 55.5 Å². The first kappa shape index (κ1) is 22.5. The van der Waals surface area contributed by atoms with Crippen LogP contribution in [-0.2, 0) is 6.61 Å². The molecule has 3 aromatic carbocycles. The van der Waals surface area contributed by atoms with E-state index >= 15 is 0 Å². The van der Waals surface area contributed by atoms with Gasteiger partial charge in [-0.1, -0.05) is 34.1 Å². The lowest BCUT2D eigenvalue weighted by atomic mass is 10.2. The number of benzene rings is 3. The maximum Gasteiger partial charge on any atom is 0.307 e. The second-order valence-electron chi connectivity index (χ2n) is 7.00. The van der Waals surface area contributed by atoms with Crippen LogP contribution in [0.25, 0.3) is 11.0 Å². The van der Waals surface area contributed by atoms with Gasteiger partial charge < -0.3 is 13.9 Å². The van der Waals surface area contributed by atoms with Gasteiger partial charge in [-0.25, -0.2) is 9.82 Å². The lowest BCUT2D eigenvalue weighted by molar-refractivity contribution is 0.0929. The highest BCUT2D eigenvalue weighted by Crippen LogP contribution is 2.25. The number of ether oxygens (including phenoxy) is 2. The molecule has 6 nitrogen and oxygen atoms in total. The molecular formula is C25H20BrFN2O4. The number of halogens is 2. The maximum atomic E-state index is 13.9. The smallest absolute Gasteiger partial charge is 0.307 e. The maximum absolute atomic E-state index is 13.9. The summed E-state index contributed by atoms with van der Waals surface area (Å²) in [6.07, 6.45) is 1.45. The van der Waals surface area contributed by atoms with Crippen LogP contribution in [0.2, 0.25) is 0 Å². The molecule has 8 heteroatoms. The average Bonchev–Trinajstić information content (AvgIpc) is 3.23. The van der Waals surface area contributed by atoms with E-state index in [0.717, 1.165) is 9.86 Å². The quantitative estimate of drug-likeness (QED) is 0.230. The molecule has 0 atom stereocenters. The zero-order valence-electron chi connectivity index (χ0n) is 17.7. The van der Waals surface area contributed by atoms with Crippen molar-refractivity contribution in [2.45, 2.75) is 13.5 Å². The second kappa shape index (κ2) is 10.3. The van der Waals surface area contributed by atoms with E-state index in [1.54, 1.807) is 54.6 Å². The number of hydrogen-bond donors (Lipinski definition) is 1. The largest absolute Gasteiger partial charge is 0.494 e. The third kappa shape index (κ3) is 5.59. The Morgan fingerprint density at radius 1 is 1.12 bits per heavy atom. The topological polar surface area (TPSA) is 73.1 Å². The molecule has 33 heavy (non-hydrogen) atoms. The molecule has 1 N–H and O–H groups in total. The molecule has 0 saturated heterocycles. The molecule has 1 aromatic heterocycles. The van der Waals surface area contributed by atoms with Crippen LogP contribution in [0.1, 0.15) is 28.6 Å². The highest BCUT2D eigenvalue weighted by molar-refractivity contribution is 9.10. The zero-order chi connectivity index (χ0) is 23.2. The van der Waals surface area contributed by atoms with Gasteiger partial charge in [0.25, 0.3) is 0 Å². The predicted octanol–water partition coefficient (Wildman–Crippen LogP) is 6.08. The summed E-state index contributed by atoms with van der Waals surface area (Å²) in [6.45, 7) is 2.51. The molecule has 0 fully saturated rings. The summed E-state index contributed by atoms with van der Waals surface area (Å²) in [6, 6.07) is 18.7. The van der Waals surface area contributed by atoms with Gasteiger partial charge in [0, 0.05) is 21.0 Å². The van der Waals surface area contributed by atoms with Gasteiger partial charge in [-0.3, -0.25) is 4.79 Å². The van der Waals surface area contributed by atoms with Crippen LogP contribution in [0.4, 0.5) is 4.39 Å². The number of fused-ring (bicyclic) bond motifs is 1. The molecule has 0 spiro atoms. The summed E-state index contributed by atoms with van der Waals surface area (Å²) in [5.74, 6) is 0.488. The van der Waals surface area contributed by atoms with Crippen molar-refractivity contribution in [3.8, 4) is 11.5 Å². The Kier molecular flexibility index (Phi) is 7.04. The van der Waals surface area contributed by atoms with Crippen molar-refractivity contribution in [3.63, 3.8) is 0 Å². The number of rotatable bonds is 8. The van der Waals surface area contributed by atoms with Crippen molar-refractivity contribution in [3.05, 3.63) is 93.9 Å². The van der Waals surface area contributed by atoms with Crippen molar-refractivity contribution < 1.29 is 23.1 Å². The van der Waals surface area contributed by atoms with Crippen molar-refractivity contribution in [2.24, 2.45) is 5.10 Å². The first-order valence-corrected chi connectivity index (χ1v) is 11.0. The summed E-state index contributed by atoms with van der Waals surface area (Å²) in [5.41, 5.74) is 4.07. The van der Waals surface area contributed by atoms with Crippen molar-refractivity contribution in [1.29, 1.82) is 0 Å². The van der Waals surface area contributed by atoms with E-state index in [9.17, 15) is 9.18 Å². The fourth-order valence-electron chi connectivity index (χ4n) is 3.13. The fourth-order valence-corrected chi connectivity index (χ4v) is 3.51. The summed E-state index contributed by atoms with van der Waals surface area (Å²) in [4.78, 5) is 12.5. The van der Waals surface area contributed by atoms with Crippen LogP contribution in [0.5, 0.6) is 11.5 Å². The molecule has 0 bridgehead atoms. The normalized spacial score (nSPS) is 11.1. The number of hydrogen-bond acceptors (Lipinski definition) is 5. The standard InChI is InChI=1S/C25H20BrFN2O4/c1-2-31-20-8-10-23-17(12-20)13-24(33-23)25(30)29-28-14-18-11-19(26)7-9-22(18)32-15-16-5-3-4-6-21(16)27/h3-14H,2,15H2,1H3,(H,29,30)/b28-14+. The van der Waals surface area contributed by atoms with E-state index in [-0.39, 0.29) is 18.2 Å². The number of carbonyl (C=O) groups is 1. The lowest BCUT2D eigenvalue weighted by Gasteiger charge is -2.10. The first-order valence-electron chi connectivity index (χ1n) is 10.2. The molecule has 1 amide bonds. The third-order valence-electron chi connectivity index (χ3n) is 4.71. The minimum absolute atomic E-state index is 0.0597. The Labute approximate surface area is 198 Å². The van der Waals surface area contributed by atoms with Gasteiger partial charge in [0.1, 0.15) is 29.5 Å². The van der Waals surface area contributed by atoms with E-state index in [1.807, 2.05) is 13.0 Å². The molecule has 0 unspecified atom stereocenters. The van der Waals surface area contributed by atoms with Gasteiger partial charge in [0.2, 0.25) is 0 Å². The van der Waals surface area contributed by atoms with Crippen LogP contribution in [0.15, 0.2) is 80.7 Å². The number of nitrogens with zero attached hydrogens (tertiary/aromatic N) is 1. The molecule has 4 aromatic rings. The Bertz CT molecular complexity index is 1320. The number of nitrogens with one attached hydrogen (secondary N) is 1. The molecule has 0 aliphatic carbocycles. The van der Waals surface area contributed by atoms with Crippen molar-refractivity contribution in [2.75, 3.05) is 6.61 Å². The van der Waals surface area contributed by atoms with Gasteiger partial charge in [0.05, 0.1) is 12.8 Å². The number of amides is 1. The van der Waals surface area contributed by atoms with Crippen molar-refractivity contribution in [1.82, 2.24) is 5.43 Å². The van der Waals surface area contributed by atoms with Crippen molar-refractivity contribution >= 4 is 39.0 Å². The SMILES string of the molecule is CCOc1ccc2oc(C(=O)N/N=C/c3cc(Br)ccc3OCc3ccccc3F)cc2c1. The molecule has 0 aliphatic rings. The number of hydrazone groups is 1. The Morgan fingerprint density at radius 3 is 2.79 bits per heavy atom. The Hall–Kier alpha value is -3.65. The van der Waals surface area contributed by atoms with Crippen LogP contribution in [0.3, 0.4) is 0 Å². The van der Waals surface area contributed by atoms with E-state index in [2.05, 4.69) is 26.5 Å². The molecule has 168 valence electrons. The summed E-state index contributed by atoms with van der Waals surface area (Å²) in [5, 5.41) is 4.78. The number of furan rings is 1. The fraction of sp³-hybridized carbons (Fsp3) is 0.120. The molecule has 0 radical (unpaired) electrons. The minimum atomic E-state index is -0.496. The van der Waals surface area contributed by atoms with E-state index < -0.39 is 5.91 Å². The van der Waals surface area contributed by atoms with Gasteiger partial charge in [-0.15, -0.1) is 0 Å². The molecule has 1 heterocycles. The first-order chi connectivity index (χ1) is 16.0. The zero-order valence-corrected chi connectivity index (χ0v) is 19.3. The third-order valence-corrected chi connectivity index (χ3v) is 5.20. The minimum Gasteiger partial charge on any atom is -0.494 e. The molecule has 4 rings (SSSR count). The van der Waals surface area contributed by atoms with Crippen LogP contribution in [0, 0.1) is 5.82 Å². The van der Waals surface area contributed by atoms with E-state index in [0.29, 0.717) is 34.8 Å². The summed E-state index contributed by atoms with van der Waals surface area (Å²) < 4.78 is 31.5. The van der Waals surface area contributed by atoms with E-state index in [1.165, 1.54) is 12.3 Å². The van der Waals surface area contributed by atoms with Gasteiger partial charge in [0.15, 0.2) is 5.76 Å².